The van der Waals surface area contributed by atoms with Gasteiger partial charge in [0.05, 0.1) is 16.7 Å². The largest absolute Gasteiger partial charge is 0.341 e. The van der Waals surface area contributed by atoms with Gasteiger partial charge < -0.3 is 4.90 Å². The standard InChI is InChI=1S/C23H31N3O2S/c1-16-12-17(2)14-25(13-16)21(27)15-29-23-24-20-11-7-6-10-19(20)22(28)26(23)18-8-4-3-5-9-18/h6-7,10-11,16-18H,3-5,8-9,12-15H2,1-2H3/t16-,17-/m1/s1. The number of piperidine rings is 1. The molecule has 0 radical (unpaired) electrons. The average Bonchev–Trinajstić information content (AvgIpc) is 2.72. The zero-order chi connectivity index (χ0) is 20.4. The number of hydrogen-bond acceptors (Lipinski definition) is 4. The number of likely N-dealkylation sites (tertiary alicyclic amines) is 1. The molecule has 5 nitrogen and oxygen atoms in total. The lowest BCUT2D eigenvalue weighted by Gasteiger charge is -2.35. The average molecular weight is 414 g/mol. The smallest absolute Gasteiger partial charge is 0.262 e. The van der Waals surface area contributed by atoms with E-state index in [0.717, 1.165) is 44.3 Å². The molecule has 1 aromatic heterocycles. The van der Waals surface area contributed by atoms with Crippen LogP contribution in [-0.2, 0) is 4.79 Å². The highest BCUT2D eigenvalue weighted by Crippen LogP contribution is 2.31. The molecule has 2 aromatic rings. The summed E-state index contributed by atoms with van der Waals surface area (Å²) in [4.78, 5) is 33.0. The number of thioether (sulfide) groups is 1. The predicted octanol–water partition coefficient (Wildman–Crippen LogP) is 4.50. The Morgan fingerprint density at radius 1 is 1.10 bits per heavy atom. The highest BCUT2D eigenvalue weighted by atomic mass is 32.2. The van der Waals surface area contributed by atoms with Crippen LogP contribution in [0.5, 0.6) is 0 Å². The van der Waals surface area contributed by atoms with Crippen LogP contribution in [0.25, 0.3) is 10.9 Å². The quantitative estimate of drug-likeness (QED) is 0.547. The van der Waals surface area contributed by atoms with Crippen LogP contribution in [-0.4, -0.2) is 39.2 Å². The highest BCUT2D eigenvalue weighted by molar-refractivity contribution is 7.99. The van der Waals surface area contributed by atoms with Crippen LogP contribution in [0.1, 0.15) is 58.4 Å². The van der Waals surface area contributed by atoms with E-state index in [-0.39, 0.29) is 17.5 Å². The number of benzene rings is 1. The lowest BCUT2D eigenvalue weighted by atomic mass is 9.92. The number of rotatable bonds is 4. The third kappa shape index (κ3) is 4.52. The fraction of sp³-hybridized carbons (Fsp3) is 0.609. The fourth-order valence-corrected chi connectivity index (χ4v) is 5.94. The summed E-state index contributed by atoms with van der Waals surface area (Å²) in [6.07, 6.45) is 6.75. The summed E-state index contributed by atoms with van der Waals surface area (Å²) in [5.74, 6) is 1.60. The maximum absolute atomic E-state index is 13.3. The molecule has 6 heteroatoms. The first kappa shape index (κ1) is 20.5. The molecule has 1 saturated carbocycles. The van der Waals surface area contributed by atoms with Crippen LogP contribution in [0.3, 0.4) is 0 Å². The molecule has 0 N–H and O–H groups in total. The van der Waals surface area contributed by atoms with Crippen molar-refractivity contribution in [3.63, 3.8) is 0 Å². The van der Waals surface area contributed by atoms with Gasteiger partial charge in [0.25, 0.3) is 5.56 Å². The molecule has 29 heavy (non-hydrogen) atoms. The molecule has 1 aliphatic carbocycles. The second kappa shape index (κ2) is 8.90. The van der Waals surface area contributed by atoms with Crippen molar-refractivity contribution in [2.45, 2.75) is 63.6 Å². The van der Waals surface area contributed by atoms with Gasteiger partial charge in [0.2, 0.25) is 5.91 Å². The second-order valence-corrected chi connectivity index (χ2v) is 9.85. The monoisotopic (exact) mass is 413 g/mol. The van der Waals surface area contributed by atoms with E-state index in [0.29, 0.717) is 28.1 Å². The number of nitrogens with zero attached hydrogens (tertiary/aromatic N) is 3. The molecule has 2 atom stereocenters. The lowest BCUT2D eigenvalue weighted by Crippen LogP contribution is -2.43. The zero-order valence-electron chi connectivity index (χ0n) is 17.5. The van der Waals surface area contributed by atoms with Gasteiger partial charge in [-0.2, -0.15) is 0 Å². The summed E-state index contributed by atoms with van der Waals surface area (Å²) in [6, 6.07) is 7.75. The van der Waals surface area contributed by atoms with Crippen molar-refractivity contribution in [2.75, 3.05) is 18.8 Å². The molecule has 2 aliphatic rings. The summed E-state index contributed by atoms with van der Waals surface area (Å²) in [5, 5.41) is 1.37. The molecular formula is C23H31N3O2S. The van der Waals surface area contributed by atoms with Crippen LogP contribution in [0.4, 0.5) is 0 Å². The van der Waals surface area contributed by atoms with E-state index in [4.69, 9.17) is 4.98 Å². The summed E-state index contributed by atoms with van der Waals surface area (Å²) >= 11 is 1.43. The highest BCUT2D eigenvalue weighted by Gasteiger charge is 2.27. The van der Waals surface area contributed by atoms with E-state index in [9.17, 15) is 9.59 Å². The molecular weight excluding hydrogens is 382 g/mol. The lowest BCUT2D eigenvalue weighted by molar-refractivity contribution is -0.130. The minimum absolute atomic E-state index is 0.0395. The van der Waals surface area contributed by atoms with E-state index < -0.39 is 0 Å². The number of amides is 1. The molecule has 1 aliphatic heterocycles. The molecule has 0 spiro atoms. The molecule has 1 saturated heterocycles. The summed E-state index contributed by atoms with van der Waals surface area (Å²) in [7, 11) is 0. The Morgan fingerprint density at radius 3 is 2.52 bits per heavy atom. The van der Waals surface area contributed by atoms with E-state index in [1.165, 1.54) is 24.6 Å². The number of fused-ring (bicyclic) bond motifs is 1. The molecule has 0 unspecified atom stereocenters. The number of hydrogen-bond donors (Lipinski definition) is 0. The number of aromatic nitrogens is 2. The third-order valence-corrected chi connectivity index (χ3v) is 7.20. The Hall–Kier alpha value is -1.82. The first-order valence-electron chi connectivity index (χ1n) is 10.9. The molecule has 0 bridgehead atoms. The van der Waals surface area contributed by atoms with Gasteiger partial charge in [-0.05, 0) is 43.2 Å². The van der Waals surface area contributed by atoms with Crippen LogP contribution >= 0.6 is 11.8 Å². The molecule has 4 rings (SSSR count). The number of carbonyl (C=O) groups is 1. The second-order valence-electron chi connectivity index (χ2n) is 8.91. The number of para-hydroxylation sites is 1. The Bertz CT molecular complexity index is 925. The Labute approximate surface area is 176 Å². The van der Waals surface area contributed by atoms with Crippen molar-refractivity contribution in [3.8, 4) is 0 Å². The van der Waals surface area contributed by atoms with Gasteiger partial charge >= 0.3 is 0 Å². The molecule has 156 valence electrons. The van der Waals surface area contributed by atoms with Crippen molar-refractivity contribution < 1.29 is 4.79 Å². The van der Waals surface area contributed by atoms with E-state index >= 15 is 0 Å². The van der Waals surface area contributed by atoms with Crippen LogP contribution in [0.15, 0.2) is 34.2 Å². The maximum Gasteiger partial charge on any atom is 0.262 e. The first-order valence-corrected chi connectivity index (χ1v) is 11.9. The first-order chi connectivity index (χ1) is 14.0. The maximum atomic E-state index is 13.3. The Balaban J connectivity index is 1.60. The van der Waals surface area contributed by atoms with Gasteiger partial charge in [-0.15, -0.1) is 0 Å². The van der Waals surface area contributed by atoms with E-state index in [1.807, 2.05) is 33.7 Å². The van der Waals surface area contributed by atoms with Gasteiger partial charge in [0.15, 0.2) is 5.16 Å². The van der Waals surface area contributed by atoms with Gasteiger partial charge in [0, 0.05) is 19.1 Å². The SMILES string of the molecule is C[C@@H]1C[C@@H](C)CN(C(=O)CSc2nc3ccccc3c(=O)n2C2CCCCC2)C1. The molecule has 2 fully saturated rings. The summed E-state index contributed by atoms with van der Waals surface area (Å²) in [6.45, 7) is 6.11. The fourth-order valence-electron chi connectivity index (χ4n) is 4.97. The Kier molecular flexibility index (Phi) is 6.28. The normalized spacial score (nSPS) is 23.4. The summed E-state index contributed by atoms with van der Waals surface area (Å²) in [5.41, 5.74) is 0.761. The third-order valence-electron chi connectivity index (χ3n) is 6.26. The van der Waals surface area contributed by atoms with Gasteiger partial charge in [-0.1, -0.05) is 57.0 Å². The minimum Gasteiger partial charge on any atom is -0.341 e. The topological polar surface area (TPSA) is 55.2 Å². The van der Waals surface area contributed by atoms with Gasteiger partial charge in [-0.3, -0.25) is 14.2 Å². The number of carbonyl (C=O) groups excluding carboxylic acids is 1. The van der Waals surface area contributed by atoms with Crippen molar-refractivity contribution in [1.29, 1.82) is 0 Å². The van der Waals surface area contributed by atoms with E-state index in [2.05, 4.69) is 13.8 Å². The van der Waals surface area contributed by atoms with Crippen LogP contribution < -0.4 is 5.56 Å². The molecule has 1 amide bonds. The zero-order valence-corrected chi connectivity index (χ0v) is 18.3. The molecule has 2 heterocycles. The van der Waals surface area contributed by atoms with E-state index in [1.54, 1.807) is 0 Å². The minimum atomic E-state index is 0.0395. The van der Waals surface area contributed by atoms with Crippen molar-refractivity contribution in [1.82, 2.24) is 14.5 Å². The Morgan fingerprint density at radius 2 is 1.79 bits per heavy atom. The van der Waals surface area contributed by atoms with Crippen molar-refractivity contribution in [3.05, 3.63) is 34.6 Å². The van der Waals surface area contributed by atoms with Gasteiger partial charge in [0.1, 0.15) is 0 Å². The van der Waals surface area contributed by atoms with Crippen molar-refractivity contribution >= 4 is 28.6 Å². The van der Waals surface area contributed by atoms with Crippen LogP contribution in [0.2, 0.25) is 0 Å². The van der Waals surface area contributed by atoms with Gasteiger partial charge in [-0.25, -0.2) is 4.98 Å². The van der Waals surface area contributed by atoms with Crippen molar-refractivity contribution in [2.24, 2.45) is 11.8 Å². The predicted molar refractivity (Wildman–Crippen MR) is 118 cm³/mol. The summed E-state index contributed by atoms with van der Waals surface area (Å²) < 4.78 is 1.89. The molecule has 1 aromatic carbocycles. The van der Waals surface area contributed by atoms with Crippen LogP contribution in [0, 0.1) is 11.8 Å².